The van der Waals surface area contributed by atoms with Crippen LogP contribution in [0.15, 0.2) is 11.6 Å². The van der Waals surface area contributed by atoms with Crippen LogP contribution in [0.4, 0.5) is 0 Å². The summed E-state index contributed by atoms with van der Waals surface area (Å²) in [6, 6.07) is 0. The Kier molecular flexibility index (Phi) is 4.63. The standard InChI is InChI=1S/C9H13ClO4/c1-6(10)5-9(2,7(11)13-3)8(12)14-4/h1,5H2,2-4H3. The molecule has 0 amide bonds. The minimum atomic E-state index is -1.41. The number of hydrogen-bond donors (Lipinski definition) is 0. The molecule has 5 heteroatoms. The van der Waals surface area contributed by atoms with E-state index in [2.05, 4.69) is 16.1 Å². The molecule has 0 spiro atoms. The largest absolute Gasteiger partial charge is 0.468 e. The number of halogens is 1. The van der Waals surface area contributed by atoms with Crippen molar-refractivity contribution in [3.05, 3.63) is 11.6 Å². The molecule has 0 atom stereocenters. The maximum Gasteiger partial charge on any atom is 0.323 e. The van der Waals surface area contributed by atoms with E-state index in [4.69, 9.17) is 11.6 Å². The minimum absolute atomic E-state index is 0.00605. The molecule has 14 heavy (non-hydrogen) atoms. The summed E-state index contributed by atoms with van der Waals surface area (Å²) in [7, 11) is 2.39. The molecule has 0 aliphatic heterocycles. The smallest absolute Gasteiger partial charge is 0.323 e. The van der Waals surface area contributed by atoms with Crippen LogP contribution in [-0.2, 0) is 19.1 Å². The molecule has 0 fully saturated rings. The monoisotopic (exact) mass is 220 g/mol. The van der Waals surface area contributed by atoms with E-state index < -0.39 is 17.4 Å². The van der Waals surface area contributed by atoms with Gasteiger partial charge in [0.05, 0.1) is 14.2 Å². The van der Waals surface area contributed by atoms with E-state index in [-0.39, 0.29) is 11.5 Å². The quantitative estimate of drug-likeness (QED) is 0.532. The molecule has 0 N–H and O–H groups in total. The maximum absolute atomic E-state index is 11.3. The van der Waals surface area contributed by atoms with Gasteiger partial charge in [0, 0.05) is 11.5 Å². The van der Waals surface area contributed by atoms with Crippen molar-refractivity contribution in [2.75, 3.05) is 14.2 Å². The molecule has 0 unspecified atom stereocenters. The Bertz CT molecular complexity index is 244. The summed E-state index contributed by atoms with van der Waals surface area (Å²) < 4.78 is 9.00. The minimum Gasteiger partial charge on any atom is -0.468 e. The Morgan fingerprint density at radius 2 is 1.64 bits per heavy atom. The lowest BCUT2D eigenvalue weighted by Gasteiger charge is -2.22. The lowest BCUT2D eigenvalue weighted by Crippen LogP contribution is -2.38. The molecule has 80 valence electrons. The van der Waals surface area contributed by atoms with Gasteiger partial charge < -0.3 is 9.47 Å². The van der Waals surface area contributed by atoms with Crippen LogP contribution in [0.2, 0.25) is 0 Å². The van der Waals surface area contributed by atoms with Crippen molar-refractivity contribution in [1.29, 1.82) is 0 Å². The first-order valence-corrected chi connectivity index (χ1v) is 4.26. The average molecular weight is 221 g/mol. The zero-order valence-electron chi connectivity index (χ0n) is 8.43. The van der Waals surface area contributed by atoms with E-state index in [0.717, 1.165) is 0 Å². The van der Waals surface area contributed by atoms with Crippen molar-refractivity contribution in [3.8, 4) is 0 Å². The van der Waals surface area contributed by atoms with Gasteiger partial charge >= 0.3 is 11.9 Å². The fourth-order valence-electron chi connectivity index (χ4n) is 1.06. The summed E-state index contributed by atoms with van der Waals surface area (Å²) in [6.07, 6.45) is -0.00605. The first-order valence-electron chi connectivity index (χ1n) is 3.88. The van der Waals surface area contributed by atoms with E-state index in [0.29, 0.717) is 0 Å². The molecule has 0 saturated carbocycles. The first kappa shape index (κ1) is 13.0. The summed E-state index contributed by atoms with van der Waals surface area (Å²) >= 11 is 5.55. The highest BCUT2D eigenvalue weighted by atomic mass is 35.5. The number of carbonyl (C=O) groups excluding carboxylic acids is 2. The van der Waals surface area contributed by atoms with Gasteiger partial charge in [-0.15, -0.1) is 0 Å². The van der Waals surface area contributed by atoms with Gasteiger partial charge in [0.2, 0.25) is 0 Å². The predicted molar refractivity (Wildman–Crippen MR) is 51.7 cm³/mol. The van der Waals surface area contributed by atoms with Crippen molar-refractivity contribution < 1.29 is 19.1 Å². The van der Waals surface area contributed by atoms with Crippen molar-refractivity contribution in [2.45, 2.75) is 13.3 Å². The van der Waals surface area contributed by atoms with Crippen LogP contribution in [0, 0.1) is 5.41 Å². The van der Waals surface area contributed by atoms with E-state index in [1.54, 1.807) is 0 Å². The summed E-state index contributed by atoms with van der Waals surface area (Å²) in [4.78, 5) is 22.7. The number of carbonyl (C=O) groups is 2. The van der Waals surface area contributed by atoms with Crippen LogP contribution < -0.4 is 0 Å². The van der Waals surface area contributed by atoms with Crippen molar-refractivity contribution in [2.24, 2.45) is 5.41 Å². The second-order valence-corrected chi connectivity index (χ2v) is 3.54. The normalized spacial score (nSPS) is 10.6. The SMILES string of the molecule is C=C(Cl)CC(C)(C(=O)OC)C(=O)OC. The van der Waals surface area contributed by atoms with E-state index in [1.165, 1.54) is 21.1 Å². The second-order valence-electron chi connectivity index (χ2n) is 3.01. The third kappa shape index (κ3) is 2.73. The Morgan fingerprint density at radius 1 is 1.29 bits per heavy atom. The van der Waals surface area contributed by atoms with E-state index in [9.17, 15) is 9.59 Å². The fourth-order valence-corrected chi connectivity index (χ4v) is 1.33. The zero-order chi connectivity index (χ0) is 11.4. The Hall–Kier alpha value is -1.03. The second kappa shape index (κ2) is 5.00. The number of ether oxygens (including phenoxy) is 2. The van der Waals surface area contributed by atoms with E-state index in [1.807, 2.05) is 0 Å². The first-order chi connectivity index (χ1) is 6.38. The number of allylic oxidation sites excluding steroid dienone is 1. The Morgan fingerprint density at radius 3 is 1.86 bits per heavy atom. The van der Waals surface area contributed by atoms with Gasteiger partial charge in [-0.3, -0.25) is 9.59 Å². The van der Waals surface area contributed by atoms with Gasteiger partial charge in [-0.05, 0) is 6.92 Å². The van der Waals surface area contributed by atoms with Gasteiger partial charge in [-0.25, -0.2) is 0 Å². The summed E-state index contributed by atoms with van der Waals surface area (Å²) in [6.45, 7) is 4.82. The average Bonchev–Trinajstić information content (AvgIpc) is 2.13. The molecule has 0 aromatic heterocycles. The molecular formula is C9H13ClO4. The molecule has 0 aliphatic rings. The van der Waals surface area contributed by atoms with Crippen molar-refractivity contribution in [3.63, 3.8) is 0 Å². The summed E-state index contributed by atoms with van der Waals surface area (Å²) in [5, 5.41) is 0.198. The molecule has 0 radical (unpaired) electrons. The van der Waals surface area contributed by atoms with Crippen LogP contribution >= 0.6 is 11.6 Å². The highest BCUT2D eigenvalue weighted by molar-refractivity contribution is 6.29. The Labute approximate surface area is 87.8 Å². The molecular weight excluding hydrogens is 208 g/mol. The number of methoxy groups -OCH3 is 2. The van der Waals surface area contributed by atoms with Gasteiger partial charge in [0.15, 0.2) is 5.41 Å². The zero-order valence-corrected chi connectivity index (χ0v) is 9.18. The molecule has 0 rings (SSSR count). The highest BCUT2D eigenvalue weighted by Gasteiger charge is 2.43. The number of esters is 2. The molecule has 0 saturated heterocycles. The number of rotatable bonds is 4. The lowest BCUT2D eigenvalue weighted by atomic mass is 9.87. The van der Waals surface area contributed by atoms with Crippen LogP contribution in [0.5, 0.6) is 0 Å². The van der Waals surface area contributed by atoms with Crippen LogP contribution in [0.3, 0.4) is 0 Å². The van der Waals surface area contributed by atoms with Crippen molar-refractivity contribution in [1.82, 2.24) is 0 Å². The lowest BCUT2D eigenvalue weighted by molar-refractivity contribution is -0.167. The van der Waals surface area contributed by atoms with Gasteiger partial charge in [-0.1, -0.05) is 18.2 Å². The van der Waals surface area contributed by atoms with Crippen LogP contribution in [0.25, 0.3) is 0 Å². The molecule has 0 bridgehead atoms. The molecule has 0 aromatic rings. The van der Waals surface area contributed by atoms with Crippen molar-refractivity contribution >= 4 is 23.5 Å². The Balaban J connectivity index is 4.93. The summed E-state index contributed by atoms with van der Waals surface area (Å²) in [5.74, 6) is -1.38. The third-order valence-corrected chi connectivity index (χ3v) is 1.95. The predicted octanol–water partition coefficient (Wildman–Crippen LogP) is 1.48. The highest BCUT2D eigenvalue weighted by Crippen LogP contribution is 2.29. The molecule has 0 aliphatic carbocycles. The third-order valence-electron chi connectivity index (χ3n) is 1.82. The number of hydrogen-bond acceptors (Lipinski definition) is 4. The maximum atomic E-state index is 11.3. The molecule has 0 aromatic carbocycles. The molecule has 4 nitrogen and oxygen atoms in total. The van der Waals surface area contributed by atoms with Crippen LogP contribution in [-0.4, -0.2) is 26.2 Å². The van der Waals surface area contributed by atoms with Crippen LogP contribution in [0.1, 0.15) is 13.3 Å². The van der Waals surface area contributed by atoms with Gasteiger partial charge in [-0.2, -0.15) is 0 Å². The van der Waals surface area contributed by atoms with Gasteiger partial charge in [0.1, 0.15) is 0 Å². The summed E-state index contributed by atoms with van der Waals surface area (Å²) in [5.41, 5.74) is -1.41. The van der Waals surface area contributed by atoms with Gasteiger partial charge in [0.25, 0.3) is 0 Å². The topological polar surface area (TPSA) is 52.6 Å². The van der Waals surface area contributed by atoms with E-state index >= 15 is 0 Å². The molecule has 0 heterocycles. The fraction of sp³-hybridized carbons (Fsp3) is 0.556.